The molecule has 0 radical (unpaired) electrons. The molecule has 2 N–H and O–H groups in total. The maximum atomic E-state index is 5.97. The van der Waals surface area contributed by atoms with Crippen molar-refractivity contribution in [1.82, 2.24) is 5.32 Å². The molecule has 0 amide bonds. The Kier molecular flexibility index (Phi) is 5.66. The predicted molar refractivity (Wildman–Crippen MR) is 104 cm³/mol. The van der Waals surface area contributed by atoms with E-state index in [2.05, 4.69) is 55.7 Å². The Hall–Kier alpha value is -1.58. The molecule has 0 bridgehead atoms. The number of hydrogen-bond donors (Lipinski definition) is 2. The third kappa shape index (κ3) is 5.22. The van der Waals surface area contributed by atoms with E-state index in [9.17, 15) is 0 Å². The Morgan fingerprint density at radius 2 is 1.74 bits per heavy atom. The third-order valence-corrected chi connectivity index (χ3v) is 4.23. The van der Waals surface area contributed by atoms with Crippen molar-refractivity contribution < 1.29 is 0 Å². The number of rotatable bonds is 3. The monoisotopic (exact) mass is 346 g/mol. The van der Waals surface area contributed by atoms with Gasteiger partial charge in [0.15, 0.2) is 5.11 Å². The first-order valence-corrected chi connectivity index (χ1v) is 8.45. The van der Waals surface area contributed by atoms with Crippen LogP contribution in [0.2, 0.25) is 5.02 Å². The molecule has 0 unspecified atom stereocenters. The highest BCUT2D eigenvalue weighted by atomic mass is 35.5. The minimum Gasteiger partial charge on any atom is -0.358 e. The molecule has 23 heavy (non-hydrogen) atoms. The van der Waals surface area contributed by atoms with E-state index in [0.717, 1.165) is 16.3 Å². The summed E-state index contributed by atoms with van der Waals surface area (Å²) < 4.78 is 0. The predicted octanol–water partition coefficient (Wildman–Crippen LogP) is 5.43. The molecule has 0 spiro atoms. The lowest BCUT2D eigenvalue weighted by Crippen LogP contribution is -2.28. The molecule has 2 rings (SSSR count). The van der Waals surface area contributed by atoms with Crippen molar-refractivity contribution in [2.75, 3.05) is 5.32 Å². The van der Waals surface area contributed by atoms with E-state index >= 15 is 0 Å². The SMILES string of the molecule is Cc1cc(Cl)ccc1CNC(=S)Nc1ccc(C(C)(C)C)cc1. The highest BCUT2D eigenvalue weighted by molar-refractivity contribution is 7.80. The van der Waals surface area contributed by atoms with Gasteiger partial charge in [-0.3, -0.25) is 0 Å². The van der Waals surface area contributed by atoms with Gasteiger partial charge in [0.2, 0.25) is 0 Å². The van der Waals surface area contributed by atoms with E-state index in [-0.39, 0.29) is 5.41 Å². The fourth-order valence-electron chi connectivity index (χ4n) is 2.26. The molecule has 122 valence electrons. The number of anilines is 1. The molecule has 2 aromatic carbocycles. The number of hydrogen-bond acceptors (Lipinski definition) is 1. The molecule has 0 atom stereocenters. The van der Waals surface area contributed by atoms with Gasteiger partial charge in [0.25, 0.3) is 0 Å². The van der Waals surface area contributed by atoms with Crippen LogP contribution in [-0.2, 0) is 12.0 Å². The Morgan fingerprint density at radius 1 is 1.09 bits per heavy atom. The van der Waals surface area contributed by atoms with Crippen LogP contribution < -0.4 is 10.6 Å². The first-order valence-electron chi connectivity index (χ1n) is 7.66. The molecule has 2 nitrogen and oxygen atoms in total. The fourth-order valence-corrected chi connectivity index (χ4v) is 2.68. The summed E-state index contributed by atoms with van der Waals surface area (Å²) in [6.07, 6.45) is 0. The van der Waals surface area contributed by atoms with E-state index in [1.165, 1.54) is 11.1 Å². The summed E-state index contributed by atoms with van der Waals surface area (Å²) in [5, 5.41) is 7.81. The number of halogens is 1. The Bertz CT molecular complexity index is 688. The molecule has 0 saturated heterocycles. The van der Waals surface area contributed by atoms with Gasteiger partial charge in [-0.05, 0) is 65.5 Å². The lowest BCUT2D eigenvalue weighted by atomic mass is 9.87. The summed E-state index contributed by atoms with van der Waals surface area (Å²) in [6.45, 7) is 9.34. The number of nitrogens with one attached hydrogen (secondary N) is 2. The van der Waals surface area contributed by atoms with E-state index in [0.29, 0.717) is 11.7 Å². The summed E-state index contributed by atoms with van der Waals surface area (Å²) >= 11 is 11.3. The molecule has 0 aliphatic heterocycles. The Labute approximate surface area is 149 Å². The molecule has 0 aliphatic rings. The van der Waals surface area contributed by atoms with Crippen LogP contribution >= 0.6 is 23.8 Å². The topological polar surface area (TPSA) is 24.1 Å². The summed E-state index contributed by atoms with van der Waals surface area (Å²) in [5.41, 5.74) is 4.79. The first kappa shape index (κ1) is 17.8. The van der Waals surface area contributed by atoms with Gasteiger partial charge < -0.3 is 10.6 Å². The van der Waals surface area contributed by atoms with Crippen LogP contribution in [0.3, 0.4) is 0 Å². The molecule has 0 aromatic heterocycles. The van der Waals surface area contributed by atoms with Crippen LogP contribution in [0.4, 0.5) is 5.69 Å². The molecule has 0 heterocycles. The highest BCUT2D eigenvalue weighted by Crippen LogP contribution is 2.23. The Balaban J connectivity index is 1.92. The van der Waals surface area contributed by atoms with Crippen molar-refractivity contribution in [3.8, 4) is 0 Å². The summed E-state index contributed by atoms with van der Waals surface area (Å²) in [7, 11) is 0. The zero-order valence-electron chi connectivity index (χ0n) is 14.0. The molecular formula is C19H23ClN2S. The van der Waals surface area contributed by atoms with Gasteiger partial charge in [-0.15, -0.1) is 0 Å². The van der Waals surface area contributed by atoms with Crippen molar-refractivity contribution in [3.63, 3.8) is 0 Å². The van der Waals surface area contributed by atoms with Crippen LogP contribution in [-0.4, -0.2) is 5.11 Å². The molecule has 0 aliphatic carbocycles. The average molecular weight is 347 g/mol. The van der Waals surface area contributed by atoms with Crippen LogP contribution in [0.15, 0.2) is 42.5 Å². The quantitative estimate of drug-likeness (QED) is 0.724. The van der Waals surface area contributed by atoms with Gasteiger partial charge in [-0.25, -0.2) is 0 Å². The van der Waals surface area contributed by atoms with E-state index < -0.39 is 0 Å². The van der Waals surface area contributed by atoms with Crippen molar-refractivity contribution in [2.45, 2.75) is 39.7 Å². The van der Waals surface area contributed by atoms with E-state index in [1.807, 2.05) is 25.1 Å². The van der Waals surface area contributed by atoms with Crippen molar-refractivity contribution in [3.05, 3.63) is 64.2 Å². The van der Waals surface area contributed by atoms with E-state index in [1.54, 1.807) is 0 Å². The standard InChI is InChI=1S/C19H23ClN2S/c1-13-11-16(20)8-5-14(13)12-21-18(23)22-17-9-6-15(7-10-17)19(2,3)4/h5-11H,12H2,1-4H3,(H2,21,22,23). The normalized spacial score (nSPS) is 11.2. The van der Waals surface area contributed by atoms with Crippen molar-refractivity contribution in [1.29, 1.82) is 0 Å². The first-order chi connectivity index (χ1) is 10.8. The van der Waals surface area contributed by atoms with Gasteiger partial charge in [-0.2, -0.15) is 0 Å². The van der Waals surface area contributed by atoms with Crippen LogP contribution in [0.1, 0.15) is 37.5 Å². The number of thiocarbonyl (C=S) groups is 1. The summed E-state index contributed by atoms with van der Waals surface area (Å²) in [5.74, 6) is 0. The van der Waals surface area contributed by atoms with Gasteiger partial charge in [0.05, 0.1) is 0 Å². The van der Waals surface area contributed by atoms with Crippen LogP contribution in [0.25, 0.3) is 0 Å². The molecule has 0 fully saturated rings. The maximum absolute atomic E-state index is 5.97. The zero-order chi connectivity index (χ0) is 17.0. The molecular weight excluding hydrogens is 324 g/mol. The summed E-state index contributed by atoms with van der Waals surface area (Å²) in [6, 6.07) is 14.3. The van der Waals surface area contributed by atoms with Gasteiger partial charge in [0, 0.05) is 17.3 Å². The lowest BCUT2D eigenvalue weighted by Gasteiger charge is -2.19. The van der Waals surface area contributed by atoms with Crippen LogP contribution in [0.5, 0.6) is 0 Å². The lowest BCUT2D eigenvalue weighted by molar-refractivity contribution is 0.590. The van der Waals surface area contributed by atoms with Gasteiger partial charge >= 0.3 is 0 Å². The smallest absolute Gasteiger partial charge is 0.171 e. The highest BCUT2D eigenvalue weighted by Gasteiger charge is 2.12. The fraction of sp³-hybridized carbons (Fsp3) is 0.316. The minimum atomic E-state index is 0.156. The number of aryl methyl sites for hydroxylation is 1. The second-order valence-electron chi connectivity index (χ2n) is 6.71. The summed E-state index contributed by atoms with van der Waals surface area (Å²) in [4.78, 5) is 0. The van der Waals surface area contributed by atoms with Crippen LogP contribution in [0, 0.1) is 6.92 Å². The zero-order valence-corrected chi connectivity index (χ0v) is 15.6. The van der Waals surface area contributed by atoms with Gasteiger partial charge in [0.1, 0.15) is 0 Å². The molecule has 0 saturated carbocycles. The minimum absolute atomic E-state index is 0.156. The molecule has 4 heteroatoms. The van der Waals surface area contributed by atoms with Crippen molar-refractivity contribution >= 4 is 34.6 Å². The number of benzene rings is 2. The van der Waals surface area contributed by atoms with E-state index in [4.69, 9.17) is 23.8 Å². The Morgan fingerprint density at radius 3 is 2.30 bits per heavy atom. The second-order valence-corrected chi connectivity index (χ2v) is 7.55. The molecule has 2 aromatic rings. The maximum Gasteiger partial charge on any atom is 0.171 e. The van der Waals surface area contributed by atoms with Gasteiger partial charge in [-0.1, -0.05) is 50.6 Å². The second kappa shape index (κ2) is 7.33. The van der Waals surface area contributed by atoms with Crippen molar-refractivity contribution in [2.24, 2.45) is 0 Å². The largest absolute Gasteiger partial charge is 0.358 e. The average Bonchev–Trinajstić information content (AvgIpc) is 2.46. The third-order valence-electron chi connectivity index (χ3n) is 3.75.